The maximum Gasteiger partial charge on any atom is 0.314 e. The lowest BCUT2D eigenvalue weighted by atomic mass is 10.0. The van der Waals surface area contributed by atoms with Crippen LogP contribution in [0.3, 0.4) is 0 Å². The monoisotopic (exact) mass is 271 g/mol. The van der Waals surface area contributed by atoms with Crippen LogP contribution in [-0.4, -0.2) is 54.7 Å². The Balaban J connectivity index is 2.07. The molecule has 6 heteroatoms. The first kappa shape index (κ1) is 15.8. The van der Waals surface area contributed by atoms with Gasteiger partial charge in [-0.25, -0.2) is 4.79 Å². The fraction of sp³-hybridized carbons (Fsp3) is 0.846. The zero-order chi connectivity index (χ0) is 14.3. The minimum Gasteiger partial charge on any atom is -0.481 e. The van der Waals surface area contributed by atoms with Gasteiger partial charge in [0.05, 0.1) is 0 Å². The first-order valence-electron chi connectivity index (χ1n) is 6.96. The van der Waals surface area contributed by atoms with E-state index in [2.05, 4.69) is 22.6 Å². The van der Waals surface area contributed by atoms with Gasteiger partial charge in [0, 0.05) is 32.1 Å². The van der Waals surface area contributed by atoms with Crippen molar-refractivity contribution in [3.05, 3.63) is 0 Å². The van der Waals surface area contributed by atoms with Crippen molar-refractivity contribution in [1.29, 1.82) is 0 Å². The first-order chi connectivity index (χ1) is 9.02. The molecule has 3 N–H and O–H groups in total. The fourth-order valence-electron chi connectivity index (χ4n) is 1.95. The van der Waals surface area contributed by atoms with Crippen LogP contribution in [0.4, 0.5) is 4.79 Å². The predicted molar refractivity (Wildman–Crippen MR) is 73.1 cm³/mol. The second-order valence-corrected chi connectivity index (χ2v) is 5.22. The maximum atomic E-state index is 11.5. The molecule has 1 atom stereocenters. The van der Waals surface area contributed by atoms with Crippen LogP contribution in [0.2, 0.25) is 0 Å². The third-order valence-electron chi connectivity index (χ3n) is 3.51. The number of rotatable bonds is 9. The number of carbonyl (C=O) groups excluding carboxylic acids is 1. The smallest absolute Gasteiger partial charge is 0.314 e. The van der Waals surface area contributed by atoms with E-state index in [0.29, 0.717) is 19.1 Å². The molecule has 0 aliphatic heterocycles. The van der Waals surface area contributed by atoms with Crippen LogP contribution in [0.1, 0.15) is 32.6 Å². The Kier molecular flexibility index (Phi) is 6.62. The minimum atomic E-state index is -0.819. The molecule has 0 bridgehead atoms. The van der Waals surface area contributed by atoms with E-state index in [1.54, 1.807) is 0 Å². The van der Waals surface area contributed by atoms with E-state index in [0.717, 1.165) is 13.0 Å². The average Bonchev–Trinajstić information content (AvgIpc) is 3.18. The predicted octanol–water partition coefficient (Wildman–Crippen LogP) is 0.881. The summed E-state index contributed by atoms with van der Waals surface area (Å²) >= 11 is 0. The van der Waals surface area contributed by atoms with Crippen molar-refractivity contribution >= 4 is 12.0 Å². The highest BCUT2D eigenvalue weighted by Crippen LogP contribution is 2.24. The van der Waals surface area contributed by atoms with Gasteiger partial charge in [-0.1, -0.05) is 13.3 Å². The largest absolute Gasteiger partial charge is 0.481 e. The van der Waals surface area contributed by atoms with E-state index in [-0.39, 0.29) is 18.4 Å². The molecule has 6 nitrogen and oxygen atoms in total. The molecule has 1 aliphatic rings. The third kappa shape index (κ3) is 7.00. The quantitative estimate of drug-likeness (QED) is 0.581. The topological polar surface area (TPSA) is 81.7 Å². The number of likely N-dealkylation sites (N-methyl/N-ethyl adjacent to an activating group) is 1. The Bertz CT molecular complexity index is 306. The first-order valence-corrected chi connectivity index (χ1v) is 6.96. The summed E-state index contributed by atoms with van der Waals surface area (Å²) in [6.07, 6.45) is 3.37. The summed E-state index contributed by atoms with van der Waals surface area (Å²) in [6, 6.07) is 0.484. The molecule has 1 aliphatic carbocycles. The summed E-state index contributed by atoms with van der Waals surface area (Å²) in [5.41, 5.74) is 0. The molecule has 1 unspecified atom stereocenters. The highest BCUT2D eigenvalue weighted by atomic mass is 16.4. The van der Waals surface area contributed by atoms with Crippen LogP contribution in [0.25, 0.3) is 0 Å². The van der Waals surface area contributed by atoms with Crippen molar-refractivity contribution in [3.63, 3.8) is 0 Å². The molecule has 1 rings (SSSR count). The summed E-state index contributed by atoms with van der Waals surface area (Å²) in [7, 11) is 2.07. The second kappa shape index (κ2) is 7.99. The zero-order valence-electron chi connectivity index (χ0n) is 11.8. The molecule has 0 aromatic heterocycles. The SMILES string of the molecule is CCC(CNC(=O)NCCN(C)C1CC1)CC(=O)O. The Labute approximate surface area is 114 Å². The highest BCUT2D eigenvalue weighted by molar-refractivity contribution is 5.74. The number of hydrogen-bond acceptors (Lipinski definition) is 3. The molecule has 2 amide bonds. The van der Waals surface area contributed by atoms with Crippen molar-refractivity contribution < 1.29 is 14.7 Å². The van der Waals surface area contributed by atoms with Crippen molar-refractivity contribution in [2.45, 2.75) is 38.6 Å². The van der Waals surface area contributed by atoms with Crippen LogP contribution in [-0.2, 0) is 4.79 Å². The van der Waals surface area contributed by atoms with E-state index in [9.17, 15) is 9.59 Å². The van der Waals surface area contributed by atoms with Crippen molar-refractivity contribution in [3.8, 4) is 0 Å². The number of urea groups is 1. The molecular formula is C13H25N3O3. The van der Waals surface area contributed by atoms with Gasteiger partial charge < -0.3 is 20.6 Å². The molecule has 0 heterocycles. The summed E-state index contributed by atoms with van der Waals surface area (Å²) in [5.74, 6) is -0.822. The van der Waals surface area contributed by atoms with Crippen LogP contribution >= 0.6 is 0 Å². The summed E-state index contributed by atoms with van der Waals surface area (Å²) in [5, 5.41) is 14.2. The van der Waals surface area contributed by atoms with E-state index in [1.165, 1.54) is 12.8 Å². The Morgan fingerprint density at radius 3 is 2.58 bits per heavy atom. The molecule has 0 radical (unpaired) electrons. The van der Waals surface area contributed by atoms with Crippen molar-refractivity contribution in [1.82, 2.24) is 15.5 Å². The Hall–Kier alpha value is -1.30. The second-order valence-electron chi connectivity index (χ2n) is 5.22. The Morgan fingerprint density at radius 2 is 2.05 bits per heavy atom. The number of carboxylic acids is 1. The van der Waals surface area contributed by atoms with E-state index < -0.39 is 5.97 Å². The Morgan fingerprint density at radius 1 is 1.37 bits per heavy atom. The standard InChI is InChI=1S/C13H25N3O3/c1-3-10(8-12(17)18)9-15-13(19)14-6-7-16(2)11-4-5-11/h10-11H,3-9H2,1-2H3,(H,17,18)(H2,14,15,19). The van der Waals surface area contributed by atoms with Crippen LogP contribution in [0, 0.1) is 5.92 Å². The molecule has 0 aromatic carbocycles. The number of amides is 2. The van der Waals surface area contributed by atoms with Crippen molar-refractivity contribution in [2.24, 2.45) is 5.92 Å². The minimum absolute atomic E-state index is 0.00242. The number of nitrogens with zero attached hydrogens (tertiary/aromatic N) is 1. The summed E-state index contributed by atoms with van der Waals surface area (Å²) in [6.45, 7) is 3.81. The van der Waals surface area contributed by atoms with E-state index >= 15 is 0 Å². The van der Waals surface area contributed by atoms with Gasteiger partial charge in [0.2, 0.25) is 0 Å². The molecule has 1 fully saturated rings. The van der Waals surface area contributed by atoms with Gasteiger partial charge in [-0.3, -0.25) is 4.79 Å². The van der Waals surface area contributed by atoms with Gasteiger partial charge >= 0.3 is 12.0 Å². The zero-order valence-corrected chi connectivity index (χ0v) is 11.8. The van der Waals surface area contributed by atoms with Gasteiger partial charge in [0.1, 0.15) is 0 Å². The molecule has 1 saturated carbocycles. The summed E-state index contributed by atoms with van der Waals surface area (Å²) < 4.78 is 0. The van der Waals surface area contributed by atoms with E-state index in [4.69, 9.17) is 5.11 Å². The van der Waals surface area contributed by atoms with E-state index in [1.807, 2.05) is 6.92 Å². The third-order valence-corrected chi connectivity index (χ3v) is 3.51. The normalized spacial score (nSPS) is 16.2. The van der Waals surface area contributed by atoms with Gasteiger partial charge in [-0.05, 0) is 25.8 Å². The summed E-state index contributed by atoms with van der Waals surface area (Å²) in [4.78, 5) is 24.4. The van der Waals surface area contributed by atoms with Gasteiger partial charge in [0.25, 0.3) is 0 Å². The fourth-order valence-corrected chi connectivity index (χ4v) is 1.95. The number of carbonyl (C=O) groups is 2. The number of hydrogen-bond donors (Lipinski definition) is 3. The lowest BCUT2D eigenvalue weighted by Gasteiger charge is -2.17. The van der Waals surface area contributed by atoms with Gasteiger partial charge in [-0.15, -0.1) is 0 Å². The molecule has 19 heavy (non-hydrogen) atoms. The lowest BCUT2D eigenvalue weighted by Crippen LogP contribution is -2.41. The van der Waals surface area contributed by atoms with Gasteiger partial charge in [-0.2, -0.15) is 0 Å². The number of carboxylic acid groups (broad SMARTS) is 1. The molecule has 110 valence electrons. The van der Waals surface area contributed by atoms with Crippen LogP contribution in [0.15, 0.2) is 0 Å². The van der Waals surface area contributed by atoms with Gasteiger partial charge in [0.15, 0.2) is 0 Å². The number of aliphatic carboxylic acids is 1. The maximum absolute atomic E-state index is 11.5. The van der Waals surface area contributed by atoms with Crippen molar-refractivity contribution in [2.75, 3.05) is 26.7 Å². The van der Waals surface area contributed by atoms with Crippen LogP contribution in [0.5, 0.6) is 0 Å². The molecule has 0 spiro atoms. The number of nitrogens with one attached hydrogen (secondary N) is 2. The average molecular weight is 271 g/mol. The van der Waals surface area contributed by atoms with Crippen LogP contribution < -0.4 is 10.6 Å². The lowest BCUT2D eigenvalue weighted by molar-refractivity contribution is -0.138. The molecular weight excluding hydrogens is 246 g/mol. The molecule has 0 aromatic rings. The molecule has 0 saturated heterocycles. The highest BCUT2D eigenvalue weighted by Gasteiger charge is 2.25.